The van der Waals surface area contributed by atoms with Crippen molar-refractivity contribution < 1.29 is 19.4 Å². The second kappa shape index (κ2) is 4.95. The fourth-order valence-electron chi connectivity index (χ4n) is 4.76. The zero-order valence-corrected chi connectivity index (χ0v) is 14.3. The molecule has 1 aliphatic heterocycles. The molecule has 0 spiro atoms. The van der Waals surface area contributed by atoms with Crippen LogP contribution in [0.5, 0.6) is 5.75 Å². The van der Waals surface area contributed by atoms with Crippen LogP contribution in [0.25, 0.3) is 0 Å². The third-order valence-electron chi connectivity index (χ3n) is 6.19. The second-order valence-corrected chi connectivity index (χ2v) is 7.76. The molecule has 1 heterocycles. The SMILES string of the molecule is CC(C)c1ccc2c(c1O)C(=O)CC1C3=C(CCC21C)C(=O)OC3. The molecule has 1 aromatic carbocycles. The summed E-state index contributed by atoms with van der Waals surface area (Å²) in [6.45, 7) is 6.49. The van der Waals surface area contributed by atoms with Crippen molar-refractivity contribution in [1.82, 2.24) is 0 Å². The lowest BCUT2D eigenvalue weighted by Gasteiger charge is -2.46. The number of esters is 1. The summed E-state index contributed by atoms with van der Waals surface area (Å²) in [6.07, 6.45) is 1.82. The summed E-state index contributed by atoms with van der Waals surface area (Å²) in [4.78, 5) is 24.7. The Morgan fingerprint density at radius 3 is 2.75 bits per heavy atom. The summed E-state index contributed by atoms with van der Waals surface area (Å²) in [5.41, 5.74) is 3.78. The molecule has 2 atom stereocenters. The molecule has 2 unspecified atom stereocenters. The van der Waals surface area contributed by atoms with Crippen LogP contribution in [0.1, 0.15) is 67.4 Å². The zero-order chi connectivity index (χ0) is 17.2. The minimum atomic E-state index is -0.233. The maximum absolute atomic E-state index is 12.8. The molecular formula is C20H22O4. The highest BCUT2D eigenvalue weighted by atomic mass is 16.5. The monoisotopic (exact) mass is 326 g/mol. The Morgan fingerprint density at radius 1 is 1.29 bits per heavy atom. The summed E-state index contributed by atoms with van der Waals surface area (Å²) < 4.78 is 5.22. The van der Waals surface area contributed by atoms with E-state index in [9.17, 15) is 14.7 Å². The van der Waals surface area contributed by atoms with Crippen LogP contribution in [0.3, 0.4) is 0 Å². The third-order valence-corrected chi connectivity index (χ3v) is 6.19. The van der Waals surface area contributed by atoms with E-state index < -0.39 is 0 Å². The van der Waals surface area contributed by atoms with Gasteiger partial charge in [-0.15, -0.1) is 0 Å². The molecule has 0 amide bonds. The standard InChI is InChI=1S/C20H22O4/c1-10(2)11-4-5-14-17(18(11)22)16(21)8-15-13-9-24-19(23)12(13)6-7-20(14,15)3/h4-5,10,15,22H,6-9H2,1-3H3. The van der Waals surface area contributed by atoms with Gasteiger partial charge in [-0.1, -0.05) is 32.9 Å². The van der Waals surface area contributed by atoms with Crippen LogP contribution >= 0.6 is 0 Å². The number of ether oxygens (including phenoxy) is 1. The molecule has 3 aliphatic rings. The van der Waals surface area contributed by atoms with E-state index in [1.165, 1.54) is 0 Å². The lowest BCUT2D eigenvalue weighted by atomic mass is 9.56. The van der Waals surface area contributed by atoms with Gasteiger partial charge in [0.25, 0.3) is 0 Å². The maximum atomic E-state index is 12.8. The average molecular weight is 326 g/mol. The van der Waals surface area contributed by atoms with E-state index in [2.05, 4.69) is 6.92 Å². The lowest BCUT2D eigenvalue weighted by molar-refractivity contribution is -0.136. The first-order valence-electron chi connectivity index (χ1n) is 8.63. The summed E-state index contributed by atoms with van der Waals surface area (Å²) in [5.74, 6) is 0.0572. The summed E-state index contributed by atoms with van der Waals surface area (Å²) in [5, 5.41) is 10.7. The van der Waals surface area contributed by atoms with Gasteiger partial charge in [0.05, 0.1) is 5.56 Å². The van der Waals surface area contributed by atoms with Crippen molar-refractivity contribution in [3.63, 3.8) is 0 Å². The number of phenols is 1. The number of carbonyl (C=O) groups excluding carboxylic acids is 2. The van der Waals surface area contributed by atoms with Gasteiger partial charge in [-0.25, -0.2) is 4.79 Å². The number of cyclic esters (lactones) is 1. The Morgan fingerprint density at radius 2 is 2.04 bits per heavy atom. The number of aromatic hydroxyl groups is 1. The number of benzene rings is 1. The van der Waals surface area contributed by atoms with E-state index in [0.717, 1.165) is 28.7 Å². The Kier molecular flexibility index (Phi) is 3.18. The number of hydrogen-bond donors (Lipinski definition) is 1. The summed E-state index contributed by atoms with van der Waals surface area (Å²) in [6, 6.07) is 3.96. The van der Waals surface area contributed by atoms with Crippen molar-refractivity contribution >= 4 is 11.8 Å². The van der Waals surface area contributed by atoms with E-state index in [4.69, 9.17) is 4.74 Å². The van der Waals surface area contributed by atoms with Crippen molar-refractivity contribution in [2.45, 2.75) is 51.4 Å². The van der Waals surface area contributed by atoms with Gasteiger partial charge >= 0.3 is 5.97 Å². The topological polar surface area (TPSA) is 63.6 Å². The molecule has 0 fully saturated rings. The van der Waals surface area contributed by atoms with Gasteiger partial charge in [0.2, 0.25) is 0 Å². The fourth-order valence-corrected chi connectivity index (χ4v) is 4.76. The van der Waals surface area contributed by atoms with Gasteiger partial charge in [0.1, 0.15) is 12.4 Å². The van der Waals surface area contributed by atoms with E-state index >= 15 is 0 Å². The number of Topliss-reactive ketones (excluding diaryl/α,β-unsaturated/α-hetero) is 1. The third kappa shape index (κ3) is 1.86. The van der Waals surface area contributed by atoms with Crippen LogP contribution in [0, 0.1) is 5.92 Å². The highest BCUT2D eigenvalue weighted by molar-refractivity contribution is 6.03. The van der Waals surface area contributed by atoms with Crippen LogP contribution in [-0.4, -0.2) is 23.5 Å². The first-order chi connectivity index (χ1) is 11.3. The van der Waals surface area contributed by atoms with Crippen LogP contribution in [0.15, 0.2) is 23.3 Å². The number of ketones is 1. The predicted octanol–water partition coefficient (Wildman–Crippen LogP) is 3.62. The number of phenolic OH excluding ortho intramolecular Hbond substituents is 1. The normalized spacial score (nSPS) is 28.6. The number of rotatable bonds is 1. The van der Waals surface area contributed by atoms with Crippen LogP contribution in [-0.2, 0) is 14.9 Å². The fraction of sp³-hybridized carbons (Fsp3) is 0.500. The molecule has 1 N–H and O–H groups in total. The molecule has 4 nitrogen and oxygen atoms in total. The largest absolute Gasteiger partial charge is 0.507 e. The van der Waals surface area contributed by atoms with Gasteiger partial charge in [-0.3, -0.25) is 4.79 Å². The Bertz CT molecular complexity index is 802. The van der Waals surface area contributed by atoms with Crippen molar-refractivity contribution in [1.29, 1.82) is 0 Å². The van der Waals surface area contributed by atoms with E-state index in [1.807, 2.05) is 26.0 Å². The van der Waals surface area contributed by atoms with Gasteiger partial charge in [-0.05, 0) is 35.5 Å². The number of carbonyl (C=O) groups is 2. The molecular weight excluding hydrogens is 304 g/mol. The minimum absolute atomic E-state index is 0.00278. The quantitative estimate of drug-likeness (QED) is 0.801. The number of fused-ring (bicyclic) bond motifs is 4. The molecule has 4 rings (SSSR count). The highest BCUT2D eigenvalue weighted by Crippen LogP contribution is 2.55. The summed E-state index contributed by atoms with van der Waals surface area (Å²) >= 11 is 0. The van der Waals surface area contributed by atoms with Crippen LogP contribution in [0.4, 0.5) is 0 Å². The first-order valence-corrected chi connectivity index (χ1v) is 8.63. The molecule has 2 aliphatic carbocycles. The van der Waals surface area contributed by atoms with Crippen molar-refractivity contribution in [3.05, 3.63) is 40.0 Å². The van der Waals surface area contributed by atoms with Gasteiger partial charge in [0.15, 0.2) is 5.78 Å². The summed E-state index contributed by atoms with van der Waals surface area (Å²) in [7, 11) is 0. The molecule has 24 heavy (non-hydrogen) atoms. The highest BCUT2D eigenvalue weighted by Gasteiger charge is 2.51. The van der Waals surface area contributed by atoms with Crippen molar-refractivity contribution in [3.8, 4) is 5.75 Å². The molecule has 0 bridgehead atoms. The second-order valence-electron chi connectivity index (χ2n) is 7.76. The smallest absolute Gasteiger partial charge is 0.334 e. The van der Waals surface area contributed by atoms with Gasteiger partial charge in [-0.2, -0.15) is 0 Å². The Labute approximate surface area is 141 Å². The lowest BCUT2D eigenvalue weighted by Crippen LogP contribution is -2.43. The van der Waals surface area contributed by atoms with Gasteiger partial charge < -0.3 is 9.84 Å². The average Bonchev–Trinajstić information content (AvgIpc) is 2.90. The van der Waals surface area contributed by atoms with Crippen LogP contribution in [0.2, 0.25) is 0 Å². The number of hydrogen-bond acceptors (Lipinski definition) is 4. The molecule has 0 saturated carbocycles. The first kappa shape index (κ1) is 15.4. The molecule has 0 saturated heterocycles. The van der Waals surface area contributed by atoms with E-state index in [-0.39, 0.29) is 34.8 Å². The molecule has 126 valence electrons. The van der Waals surface area contributed by atoms with Gasteiger partial charge in [0, 0.05) is 23.3 Å². The molecule has 4 heteroatoms. The predicted molar refractivity (Wildman–Crippen MR) is 89.2 cm³/mol. The van der Waals surface area contributed by atoms with E-state index in [1.54, 1.807) is 0 Å². The molecule has 0 radical (unpaired) electrons. The zero-order valence-electron chi connectivity index (χ0n) is 14.3. The Balaban J connectivity index is 1.90. The van der Waals surface area contributed by atoms with Crippen LogP contribution < -0.4 is 0 Å². The van der Waals surface area contributed by atoms with Crippen molar-refractivity contribution in [2.75, 3.05) is 6.61 Å². The van der Waals surface area contributed by atoms with Crippen molar-refractivity contribution in [2.24, 2.45) is 5.92 Å². The molecule has 0 aromatic heterocycles. The van der Waals surface area contributed by atoms with E-state index in [0.29, 0.717) is 25.0 Å². The maximum Gasteiger partial charge on any atom is 0.334 e. The molecule has 1 aromatic rings. The Hall–Kier alpha value is -2.10. The minimum Gasteiger partial charge on any atom is -0.507 e.